The number of benzene rings is 1. The first-order valence-corrected chi connectivity index (χ1v) is 4.58. The zero-order chi connectivity index (χ0) is 9.47. The third-order valence-electron chi connectivity index (χ3n) is 2.86. The van der Waals surface area contributed by atoms with Crippen molar-refractivity contribution in [3.63, 3.8) is 0 Å². The summed E-state index contributed by atoms with van der Waals surface area (Å²) in [6, 6.07) is 4.89. The molecule has 1 unspecified atom stereocenters. The molecule has 1 atom stereocenters. The SMILES string of the molecule is CCC1(C)OCc2ccc(F)cc21. The van der Waals surface area contributed by atoms with E-state index in [-0.39, 0.29) is 11.4 Å². The van der Waals surface area contributed by atoms with E-state index in [1.807, 2.05) is 13.0 Å². The number of ether oxygens (including phenoxy) is 1. The Morgan fingerprint density at radius 3 is 3.00 bits per heavy atom. The third kappa shape index (κ3) is 1.25. The molecule has 2 rings (SSSR count). The number of hydrogen-bond donors (Lipinski definition) is 0. The Labute approximate surface area is 77.5 Å². The van der Waals surface area contributed by atoms with Crippen molar-refractivity contribution in [2.45, 2.75) is 32.5 Å². The number of fused-ring (bicyclic) bond motifs is 1. The predicted octanol–water partition coefficient (Wildman–Crippen LogP) is 2.98. The second kappa shape index (κ2) is 2.81. The summed E-state index contributed by atoms with van der Waals surface area (Å²) in [6.45, 7) is 4.68. The highest BCUT2D eigenvalue weighted by Gasteiger charge is 2.33. The largest absolute Gasteiger partial charge is 0.366 e. The van der Waals surface area contributed by atoms with Crippen molar-refractivity contribution >= 4 is 0 Å². The maximum absolute atomic E-state index is 13.0. The zero-order valence-electron chi connectivity index (χ0n) is 7.93. The van der Waals surface area contributed by atoms with Crippen LogP contribution in [0.25, 0.3) is 0 Å². The standard InChI is InChI=1S/C11H13FO/c1-3-11(2)10-6-9(12)5-4-8(10)7-13-11/h4-6H,3,7H2,1-2H3. The molecule has 1 aliphatic heterocycles. The quantitative estimate of drug-likeness (QED) is 0.645. The van der Waals surface area contributed by atoms with Gasteiger partial charge in [0.2, 0.25) is 0 Å². The van der Waals surface area contributed by atoms with Crippen LogP contribution < -0.4 is 0 Å². The lowest BCUT2D eigenvalue weighted by Crippen LogP contribution is -2.18. The van der Waals surface area contributed by atoms with Gasteiger partial charge in [0.25, 0.3) is 0 Å². The molecule has 0 aromatic heterocycles. The third-order valence-corrected chi connectivity index (χ3v) is 2.86. The summed E-state index contributed by atoms with van der Waals surface area (Å²) in [5, 5.41) is 0. The van der Waals surface area contributed by atoms with Crippen LogP contribution in [0.3, 0.4) is 0 Å². The molecule has 1 aromatic carbocycles. The Kier molecular flexibility index (Phi) is 1.88. The average Bonchev–Trinajstić information content (AvgIpc) is 2.45. The Morgan fingerprint density at radius 2 is 2.31 bits per heavy atom. The molecular weight excluding hydrogens is 167 g/mol. The summed E-state index contributed by atoms with van der Waals surface area (Å²) >= 11 is 0. The minimum atomic E-state index is -0.280. The molecule has 70 valence electrons. The highest BCUT2D eigenvalue weighted by Crippen LogP contribution is 2.38. The van der Waals surface area contributed by atoms with Crippen LogP contribution in [-0.4, -0.2) is 0 Å². The Hall–Kier alpha value is -0.890. The molecule has 0 N–H and O–H groups in total. The molecule has 1 aromatic rings. The molecule has 1 nitrogen and oxygen atoms in total. The van der Waals surface area contributed by atoms with Gasteiger partial charge in [-0.25, -0.2) is 4.39 Å². The molecular formula is C11H13FO. The van der Waals surface area contributed by atoms with Crippen LogP contribution in [0.15, 0.2) is 18.2 Å². The summed E-state index contributed by atoms with van der Waals surface area (Å²) in [6.07, 6.45) is 0.878. The molecule has 13 heavy (non-hydrogen) atoms. The van der Waals surface area contributed by atoms with Gasteiger partial charge in [-0.2, -0.15) is 0 Å². The first kappa shape index (κ1) is 8.70. The fourth-order valence-corrected chi connectivity index (χ4v) is 1.77. The molecule has 0 spiro atoms. The predicted molar refractivity (Wildman–Crippen MR) is 48.8 cm³/mol. The van der Waals surface area contributed by atoms with Crippen molar-refractivity contribution in [3.8, 4) is 0 Å². The number of hydrogen-bond acceptors (Lipinski definition) is 1. The smallest absolute Gasteiger partial charge is 0.123 e. The van der Waals surface area contributed by atoms with Crippen LogP contribution in [0, 0.1) is 5.82 Å². The lowest BCUT2D eigenvalue weighted by atomic mass is 9.92. The maximum atomic E-state index is 13.0. The van der Waals surface area contributed by atoms with Gasteiger partial charge in [0.05, 0.1) is 12.2 Å². The Morgan fingerprint density at radius 1 is 1.54 bits per heavy atom. The van der Waals surface area contributed by atoms with E-state index in [0.717, 1.165) is 17.5 Å². The second-order valence-corrected chi connectivity index (χ2v) is 3.67. The molecule has 2 heteroatoms. The molecule has 0 aliphatic carbocycles. The van der Waals surface area contributed by atoms with E-state index in [0.29, 0.717) is 6.61 Å². The minimum absolute atomic E-state index is 0.177. The molecule has 1 aliphatic rings. The van der Waals surface area contributed by atoms with Gasteiger partial charge in [-0.15, -0.1) is 0 Å². The van der Waals surface area contributed by atoms with Crippen LogP contribution in [0.4, 0.5) is 4.39 Å². The summed E-state index contributed by atoms with van der Waals surface area (Å²) in [5.41, 5.74) is 1.85. The molecule has 0 bridgehead atoms. The van der Waals surface area contributed by atoms with Crippen molar-refractivity contribution in [2.75, 3.05) is 0 Å². The van der Waals surface area contributed by atoms with Crippen LogP contribution in [0.5, 0.6) is 0 Å². The monoisotopic (exact) mass is 180 g/mol. The van der Waals surface area contributed by atoms with Gasteiger partial charge in [-0.1, -0.05) is 13.0 Å². The first-order valence-electron chi connectivity index (χ1n) is 4.58. The van der Waals surface area contributed by atoms with Crippen molar-refractivity contribution in [1.29, 1.82) is 0 Å². The Bertz CT molecular complexity index is 335. The van der Waals surface area contributed by atoms with Gasteiger partial charge < -0.3 is 4.74 Å². The van der Waals surface area contributed by atoms with E-state index in [9.17, 15) is 4.39 Å². The fourth-order valence-electron chi connectivity index (χ4n) is 1.77. The van der Waals surface area contributed by atoms with Gasteiger partial charge in [-0.05, 0) is 36.6 Å². The van der Waals surface area contributed by atoms with Gasteiger partial charge in [0, 0.05) is 0 Å². The lowest BCUT2D eigenvalue weighted by Gasteiger charge is -2.22. The van der Waals surface area contributed by atoms with E-state index in [1.165, 1.54) is 6.07 Å². The molecule has 0 radical (unpaired) electrons. The fraction of sp³-hybridized carbons (Fsp3) is 0.455. The van der Waals surface area contributed by atoms with Crippen LogP contribution in [0.1, 0.15) is 31.4 Å². The second-order valence-electron chi connectivity index (χ2n) is 3.67. The zero-order valence-corrected chi connectivity index (χ0v) is 7.93. The van der Waals surface area contributed by atoms with Crippen molar-refractivity contribution in [2.24, 2.45) is 0 Å². The summed E-state index contributed by atoms with van der Waals surface area (Å²) < 4.78 is 18.6. The Balaban J connectivity index is 2.52. The van der Waals surface area contributed by atoms with Crippen LogP contribution in [0.2, 0.25) is 0 Å². The lowest BCUT2D eigenvalue weighted by molar-refractivity contribution is -0.0260. The van der Waals surface area contributed by atoms with Crippen molar-refractivity contribution in [1.82, 2.24) is 0 Å². The molecule has 0 amide bonds. The number of rotatable bonds is 1. The van der Waals surface area contributed by atoms with Gasteiger partial charge in [-0.3, -0.25) is 0 Å². The highest BCUT2D eigenvalue weighted by molar-refractivity contribution is 5.35. The van der Waals surface area contributed by atoms with Gasteiger partial charge in [0.15, 0.2) is 0 Å². The van der Waals surface area contributed by atoms with Crippen LogP contribution in [-0.2, 0) is 16.9 Å². The van der Waals surface area contributed by atoms with E-state index in [4.69, 9.17) is 4.74 Å². The van der Waals surface area contributed by atoms with E-state index < -0.39 is 0 Å². The summed E-state index contributed by atoms with van der Waals surface area (Å²) in [4.78, 5) is 0. The van der Waals surface area contributed by atoms with Crippen molar-refractivity contribution in [3.05, 3.63) is 35.1 Å². The van der Waals surface area contributed by atoms with E-state index in [2.05, 4.69) is 6.92 Å². The minimum Gasteiger partial charge on any atom is -0.366 e. The van der Waals surface area contributed by atoms with Gasteiger partial charge in [0.1, 0.15) is 5.82 Å². The topological polar surface area (TPSA) is 9.23 Å². The van der Waals surface area contributed by atoms with E-state index >= 15 is 0 Å². The van der Waals surface area contributed by atoms with E-state index in [1.54, 1.807) is 6.07 Å². The molecule has 0 fully saturated rings. The summed E-state index contributed by atoms with van der Waals surface area (Å²) in [5.74, 6) is -0.177. The average molecular weight is 180 g/mol. The number of halogens is 1. The van der Waals surface area contributed by atoms with Crippen LogP contribution >= 0.6 is 0 Å². The molecule has 0 saturated heterocycles. The molecule has 1 heterocycles. The highest BCUT2D eigenvalue weighted by atomic mass is 19.1. The van der Waals surface area contributed by atoms with Crippen molar-refractivity contribution < 1.29 is 9.13 Å². The normalized spacial score (nSPS) is 26.1. The molecule has 0 saturated carbocycles. The first-order chi connectivity index (χ1) is 6.15. The van der Waals surface area contributed by atoms with Gasteiger partial charge >= 0.3 is 0 Å². The summed E-state index contributed by atoms with van der Waals surface area (Å²) in [7, 11) is 0. The maximum Gasteiger partial charge on any atom is 0.123 e.